The lowest BCUT2D eigenvalue weighted by molar-refractivity contribution is -0.129. The molecule has 3 aromatic rings. The number of unbranched alkanes of at least 4 members (excludes halogenated alkanes) is 2. The lowest BCUT2D eigenvalue weighted by Crippen LogP contribution is -2.24. The predicted molar refractivity (Wildman–Crippen MR) is 137 cm³/mol. The number of aryl methyl sites for hydroxylation is 1. The second-order valence-corrected chi connectivity index (χ2v) is 8.16. The Hall–Kier alpha value is -4.25. The van der Waals surface area contributed by atoms with Crippen LogP contribution in [-0.4, -0.2) is 50.0 Å². The van der Waals surface area contributed by atoms with E-state index in [9.17, 15) is 14.4 Å². The maximum absolute atomic E-state index is 13.3. The standard InChI is InChI=1S/C26H31N3O8/c1-34-17-9-10-20-18(14-17)24(31)19(15-29(20)11-7-5-6-8-23(30)28-33)26(32)27-16-12-21(35-2)25(37-4)22(13-16)36-3/h9-10,12-15,33H,5-8,11H2,1-4H3,(H,27,32)(H,28,30). The van der Waals surface area contributed by atoms with E-state index in [0.29, 0.717) is 65.4 Å². The van der Waals surface area contributed by atoms with Gasteiger partial charge in [0, 0.05) is 37.0 Å². The number of hydrogen-bond acceptors (Lipinski definition) is 8. The van der Waals surface area contributed by atoms with Crippen LogP contribution in [0, 0.1) is 0 Å². The highest BCUT2D eigenvalue weighted by atomic mass is 16.5. The number of hydrogen-bond donors (Lipinski definition) is 3. The van der Waals surface area contributed by atoms with Gasteiger partial charge in [0.05, 0.1) is 39.3 Å². The summed E-state index contributed by atoms with van der Waals surface area (Å²) in [6, 6.07) is 8.28. The normalized spacial score (nSPS) is 10.6. The Kier molecular flexibility index (Phi) is 9.33. The van der Waals surface area contributed by atoms with Gasteiger partial charge in [0.2, 0.25) is 17.1 Å². The van der Waals surface area contributed by atoms with Crippen molar-refractivity contribution < 1.29 is 33.7 Å². The molecule has 0 aliphatic carbocycles. The van der Waals surface area contributed by atoms with E-state index < -0.39 is 17.2 Å². The molecule has 0 saturated heterocycles. The summed E-state index contributed by atoms with van der Waals surface area (Å²) >= 11 is 0. The number of nitrogens with zero attached hydrogens (tertiary/aromatic N) is 1. The fraction of sp³-hybridized carbons (Fsp3) is 0.346. The Bertz CT molecular complexity index is 1310. The van der Waals surface area contributed by atoms with Crippen molar-refractivity contribution in [2.45, 2.75) is 32.2 Å². The lowest BCUT2D eigenvalue weighted by atomic mass is 10.1. The summed E-state index contributed by atoms with van der Waals surface area (Å²) in [4.78, 5) is 37.9. The first kappa shape index (κ1) is 27.3. The average molecular weight is 514 g/mol. The summed E-state index contributed by atoms with van der Waals surface area (Å²) in [6.45, 7) is 0.508. The first-order chi connectivity index (χ1) is 17.9. The average Bonchev–Trinajstić information content (AvgIpc) is 2.92. The van der Waals surface area contributed by atoms with Gasteiger partial charge in [-0.15, -0.1) is 0 Å². The second-order valence-electron chi connectivity index (χ2n) is 8.16. The number of pyridine rings is 1. The largest absolute Gasteiger partial charge is 0.497 e. The van der Waals surface area contributed by atoms with E-state index in [4.69, 9.17) is 24.2 Å². The van der Waals surface area contributed by atoms with Crippen molar-refractivity contribution in [1.82, 2.24) is 10.0 Å². The first-order valence-corrected chi connectivity index (χ1v) is 11.6. The van der Waals surface area contributed by atoms with Crippen LogP contribution in [0.25, 0.3) is 10.9 Å². The van der Waals surface area contributed by atoms with Crippen LogP contribution in [0.5, 0.6) is 23.0 Å². The van der Waals surface area contributed by atoms with Crippen LogP contribution in [0.3, 0.4) is 0 Å². The van der Waals surface area contributed by atoms with Crippen LogP contribution in [0.4, 0.5) is 5.69 Å². The lowest BCUT2D eigenvalue weighted by Gasteiger charge is -2.16. The van der Waals surface area contributed by atoms with Gasteiger partial charge in [-0.1, -0.05) is 6.42 Å². The SMILES string of the molecule is COc1ccc2c(c1)c(=O)c(C(=O)Nc1cc(OC)c(OC)c(OC)c1)cn2CCCCCC(=O)NO. The maximum atomic E-state index is 13.3. The number of benzene rings is 2. The molecule has 1 aromatic heterocycles. The minimum Gasteiger partial charge on any atom is -0.497 e. The fourth-order valence-corrected chi connectivity index (χ4v) is 4.00. The van der Waals surface area contributed by atoms with Crippen LogP contribution >= 0.6 is 0 Å². The van der Waals surface area contributed by atoms with Crippen LogP contribution in [0.1, 0.15) is 36.0 Å². The van der Waals surface area contributed by atoms with Crippen LogP contribution in [-0.2, 0) is 11.3 Å². The molecule has 0 spiro atoms. The third-order valence-electron chi connectivity index (χ3n) is 5.88. The van der Waals surface area contributed by atoms with Crippen molar-refractivity contribution in [3.63, 3.8) is 0 Å². The van der Waals surface area contributed by atoms with Gasteiger partial charge in [-0.25, -0.2) is 5.48 Å². The third kappa shape index (κ3) is 6.31. The molecule has 0 bridgehead atoms. The molecule has 3 N–H and O–H groups in total. The zero-order valence-corrected chi connectivity index (χ0v) is 21.3. The van der Waals surface area contributed by atoms with Gasteiger partial charge in [-0.2, -0.15) is 0 Å². The number of nitrogens with one attached hydrogen (secondary N) is 2. The summed E-state index contributed by atoms with van der Waals surface area (Å²) in [6.07, 6.45) is 3.74. The number of anilines is 1. The molecular formula is C26H31N3O8. The van der Waals surface area contributed by atoms with Crippen LogP contribution in [0.2, 0.25) is 0 Å². The molecule has 0 atom stereocenters. The van der Waals surface area contributed by atoms with Crippen molar-refractivity contribution in [3.05, 3.63) is 52.3 Å². The highest BCUT2D eigenvalue weighted by Crippen LogP contribution is 2.40. The van der Waals surface area contributed by atoms with Crippen molar-refractivity contribution in [1.29, 1.82) is 0 Å². The molecule has 1 heterocycles. The monoisotopic (exact) mass is 513 g/mol. The molecule has 0 unspecified atom stereocenters. The molecule has 0 saturated carbocycles. The third-order valence-corrected chi connectivity index (χ3v) is 5.88. The Labute approximate surface area is 213 Å². The summed E-state index contributed by atoms with van der Waals surface area (Å²) in [5.41, 5.74) is 2.15. The van der Waals surface area contributed by atoms with Gasteiger partial charge in [0.1, 0.15) is 11.3 Å². The zero-order valence-electron chi connectivity index (χ0n) is 21.3. The molecule has 3 rings (SSSR count). The van der Waals surface area contributed by atoms with E-state index in [-0.39, 0.29) is 12.0 Å². The Morgan fingerprint density at radius 3 is 2.22 bits per heavy atom. The molecular weight excluding hydrogens is 482 g/mol. The number of rotatable bonds is 12. The number of amides is 2. The molecule has 198 valence electrons. The first-order valence-electron chi connectivity index (χ1n) is 11.6. The van der Waals surface area contributed by atoms with Crippen LogP contribution in [0.15, 0.2) is 41.3 Å². The van der Waals surface area contributed by atoms with Crippen molar-refractivity contribution in [2.24, 2.45) is 0 Å². The van der Waals surface area contributed by atoms with Gasteiger partial charge >= 0.3 is 0 Å². The molecule has 0 aliphatic rings. The number of aromatic nitrogens is 1. The Balaban J connectivity index is 1.95. The molecule has 2 aromatic carbocycles. The van der Waals surface area contributed by atoms with E-state index in [0.717, 1.165) is 0 Å². The summed E-state index contributed by atoms with van der Waals surface area (Å²) in [5.74, 6) is 0.539. The van der Waals surface area contributed by atoms with Gasteiger partial charge in [0.15, 0.2) is 11.5 Å². The molecule has 2 amide bonds. The molecule has 0 radical (unpaired) electrons. The number of carbonyl (C=O) groups excluding carboxylic acids is 2. The molecule has 0 aliphatic heterocycles. The van der Waals surface area contributed by atoms with E-state index in [1.54, 1.807) is 35.8 Å². The molecule has 0 fully saturated rings. The van der Waals surface area contributed by atoms with E-state index >= 15 is 0 Å². The fourth-order valence-electron chi connectivity index (χ4n) is 4.00. The molecule has 11 nitrogen and oxygen atoms in total. The predicted octanol–water partition coefficient (Wildman–Crippen LogP) is 3.35. The molecule has 37 heavy (non-hydrogen) atoms. The topological polar surface area (TPSA) is 137 Å². The number of carbonyl (C=O) groups is 2. The summed E-state index contributed by atoms with van der Waals surface area (Å²) in [5, 5.41) is 11.7. The minimum atomic E-state index is -0.600. The van der Waals surface area contributed by atoms with Gasteiger partial charge < -0.3 is 28.8 Å². The Morgan fingerprint density at radius 2 is 1.62 bits per heavy atom. The number of fused-ring (bicyclic) bond motifs is 1. The van der Waals surface area contributed by atoms with Crippen molar-refractivity contribution >= 4 is 28.4 Å². The van der Waals surface area contributed by atoms with Gasteiger partial charge in [-0.05, 0) is 31.0 Å². The number of methoxy groups -OCH3 is 4. The van der Waals surface area contributed by atoms with E-state index in [1.165, 1.54) is 34.6 Å². The quantitative estimate of drug-likeness (QED) is 0.190. The highest BCUT2D eigenvalue weighted by Gasteiger charge is 2.19. The van der Waals surface area contributed by atoms with Gasteiger partial charge in [0.25, 0.3) is 5.91 Å². The number of hydroxylamine groups is 1. The minimum absolute atomic E-state index is 0.0471. The Morgan fingerprint density at radius 1 is 0.919 bits per heavy atom. The summed E-state index contributed by atoms with van der Waals surface area (Å²) in [7, 11) is 5.91. The molecule has 11 heteroatoms. The maximum Gasteiger partial charge on any atom is 0.261 e. The van der Waals surface area contributed by atoms with E-state index in [1.807, 2.05) is 4.57 Å². The van der Waals surface area contributed by atoms with Crippen molar-refractivity contribution in [2.75, 3.05) is 33.8 Å². The highest BCUT2D eigenvalue weighted by molar-refractivity contribution is 6.06. The summed E-state index contributed by atoms with van der Waals surface area (Å²) < 4.78 is 23.1. The van der Waals surface area contributed by atoms with Crippen LogP contribution < -0.4 is 35.2 Å². The second kappa shape index (κ2) is 12.6. The smallest absolute Gasteiger partial charge is 0.261 e. The van der Waals surface area contributed by atoms with E-state index in [2.05, 4.69) is 5.32 Å². The van der Waals surface area contributed by atoms with Gasteiger partial charge in [-0.3, -0.25) is 19.6 Å². The zero-order chi connectivity index (χ0) is 26.9. The number of ether oxygens (including phenoxy) is 4. The van der Waals surface area contributed by atoms with Crippen molar-refractivity contribution in [3.8, 4) is 23.0 Å².